The first-order chi connectivity index (χ1) is 7.72. The largest absolute Gasteiger partial charge is 0.468 e. The van der Waals surface area contributed by atoms with Crippen LogP contribution in [0.25, 0.3) is 0 Å². The summed E-state index contributed by atoms with van der Waals surface area (Å²) in [5, 5.41) is 0. The summed E-state index contributed by atoms with van der Waals surface area (Å²) in [4.78, 5) is 11.3. The van der Waals surface area contributed by atoms with Crippen molar-refractivity contribution in [2.75, 3.05) is 13.7 Å². The number of carbonyl (C=O) groups is 1. The van der Waals surface area contributed by atoms with Crippen LogP contribution in [-0.4, -0.2) is 19.7 Å². The van der Waals surface area contributed by atoms with Gasteiger partial charge < -0.3 is 15.2 Å². The molecule has 2 N–H and O–H groups in total. The molecule has 1 heterocycles. The molecule has 86 valence electrons. The van der Waals surface area contributed by atoms with Crippen molar-refractivity contribution in [1.82, 2.24) is 0 Å². The van der Waals surface area contributed by atoms with Crippen molar-refractivity contribution in [3.63, 3.8) is 0 Å². The van der Waals surface area contributed by atoms with Gasteiger partial charge in [-0.1, -0.05) is 18.2 Å². The molecule has 0 radical (unpaired) electrons. The molecule has 0 fully saturated rings. The van der Waals surface area contributed by atoms with Gasteiger partial charge in [-0.2, -0.15) is 0 Å². The lowest BCUT2D eigenvalue weighted by Crippen LogP contribution is -2.23. The van der Waals surface area contributed by atoms with Crippen molar-refractivity contribution >= 4 is 5.97 Å². The predicted octanol–water partition coefficient (Wildman–Crippen LogP) is 0.932. The number of benzene rings is 1. The van der Waals surface area contributed by atoms with Crippen LogP contribution in [0.15, 0.2) is 18.2 Å². The fraction of sp³-hybridized carbons (Fsp3) is 0.417. The quantitative estimate of drug-likeness (QED) is 0.755. The highest BCUT2D eigenvalue weighted by Crippen LogP contribution is 2.21. The lowest BCUT2D eigenvalue weighted by Gasteiger charge is -2.18. The van der Waals surface area contributed by atoms with Gasteiger partial charge in [0.1, 0.15) is 6.04 Å². The third-order valence-electron chi connectivity index (χ3n) is 2.82. The second-order valence-corrected chi connectivity index (χ2v) is 3.83. The van der Waals surface area contributed by atoms with Gasteiger partial charge in [-0.3, -0.25) is 4.79 Å². The Bertz CT molecular complexity index is 403. The van der Waals surface area contributed by atoms with E-state index in [9.17, 15) is 4.79 Å². The second-order valence-electron chi connectivity index (χ2n) is 3.83. The Morgan fingerprint density at radius 3 is 3.06 bits per heavy atom. The van der Waals surface area contributed by atoms with E-state index >= 15 is 0 Å². The summed E-state index contributed by atoms with van der Waals surface area (Å²) in [6.45, 7) is 1.37. The SMILES string of the molecule is COC(=O)C(N)c1ccc2c(c1)CCOC2. The molecule has 0 saturated heterocycles. The van der Waals surface area contributed by atoms with Gasteiger partial charge in [0, 0.05) is 0 Å². The first-order valence-electron chi connectivity index (χ1n) is 5.25. The number of ether oxygens (including phenoxy) is 2. The summed E-state index contributed by atoms with van der Waals surface area (Å²) in [6, 6.07) is 5.10. The van der Waals surface area contributed by atoms with Crippen molar-refractivity contribution < 1.29 is 14.3 Å². The van der Waals surface area contributed by atoms with Crippen LogP contribution >= 0.6 is 0 Å². The highest BCUT2D eigenvalue weighted by atomic mass is 16.5. The number of esters is 1. The lowest BCUT2D eigenvalue weighted by atomic mass is 9.97. The highest BCUT2D eigenvalue weighted by Gasteiger charge is 2.18. The van der Waals surface area contributed by atoms with Crippen LogP contribution < -0.4 is 5.73 Å². The number of fused-ring (bicyclic) bond motifs is 1. The standard InChI is InChI=1S/C12H15NO3/c1-15-12(14)11(13)9-2-3-10-7-16-5-4-8(10)6-9/h2-3,6,11H,4-5,7,13H2,1H3. The molecule has 0 saturated carbocycles. The minimum Gasteiger partial charge on any atom is -0.468 e. The van der Waals surface area contributed by atoms with Crippen molar-refractivity contribution in [3.8, 4) is 0 Å². The maximum atomic E-state index is 11.3. The molecular formula is C12H15NO3. The van der Waals surface area contributed by atoms with E-state index in [-0.39, 0.29) is 0 Å². The number of nitrogens with two attached hydrogens (primary N) is 1. The molecule has 16 heavy (non-hydrogen) atoms. The molecule has 1 aromatic carbocycles. The van der Waals surface area contributed by atoms with Crippen LogP contribution in [0.3, 0.4) is 0 Å². The van der Waals surface area contributed by atoms with E-state index in [1.165, 1.54) is 18.2 Å². The third-order valence-corrected chi connectivity index (χ3v) is 2.82. The van der Waals surface area contributed by atoms with E-state index in [4.69, 9.17) is 10.5 Å². The Labute approximate surface area is 94.3 Å². The van der Waals surface area contributed by atoms with Crippen LogP contribution in [-0.2, 0) is 27.3 Å². The maximum Gasteiger partial charge on any atom is 0.327 e. The van der Waals surface area contributed by atoms with Gasteiger partial charge in [-0.05, 0) is 23.1 Å². The molecule has 0 aromatic heterocycles. The van der Waals surface area contributed by atoms with E-state index in [0.717, 1.165) is 18.6 Å². The van der Waals surface area contributed by atoms with Crippen molar-refractivity contribution in [2.24, 2.45) is 5.73 Å². The predicted molar refractivity (Wildman–Crippen MR) is 58.7 cm³/mol. The minimum absolute atomic E-state index is 0.410. The fourth-order valence-corrected chi connectivity index (χ4v) is 1.84. The fourth-order valence-electron chi connectivity index (χ4n) is 1.84. The Morgan fingerprint density at radius 2 is 2.31 bits per heavy atom. The molecule has 4 heteroatoms. The minimum atomic E-state index is -0.696. The summed E-state index contributed by atoms with van der Waals surface area (Å²) in [5.41, 5.74) is 8.96. The van der Waals surface area contributed by atoms with Crippen molar-refractivity contribution in [1.29, 1.82) is 0 Å². The van der Waals surface area contributed by atoms with Gasteiger partial charge in [-0.15, -0.1) is 0 Å². The molecule has 0 spiro atoms. The van der Waals surface area contributed by atoms with Crippen LogP contribution in [0.5, 0.6) is 0 Å². The molecule has 1 atom stereocenters. The zero-order chi connectivity index (χ0) is 11.5. The normalized spacial score (nSPS) is 16.4. The smallest absolute Gasteiger partial charge is 0.327 e. The van der Waals surface area contributed by atoms with Gasteiger partial charge in [0.15, 0.2) is 0 Å². The van der Waals surface area contributed by atoms with Crippen LogP contribution in [0, 0.1) is 0 Å². The molecule has 0 amide bonds. The Morgan fingerprint density at radius 1 is 1.50 bits per heavy atom. The molecular weight excluding hydrogens is 206 g/mol. The average Bonchev–Trinajstić information content (AvgIpc) is 2.36. The zero-order valence-electron chi connectivity index (χ0n) is 9.23. The molecule has 0 aliphatic carbocycles. The third kappa shape index (κ3) is 2.08. The Balaban J connectivity index is 2.26. The molecule has 1 aliphatic rings. The first kappa shape index (κ1) is 11.1. The van der Waals surface area contributed by atoms with Gasteiger partial charge in [0.2, 0.25) is 0 Å². The zero-order valence-corrected chi connectivity index (χ0v) is 9.23. The Kier molecular flexibility index (Phi) is 3.22. The number of hydrogen-bond acceptors (Lipinski definition) is 4. The van der Waals surface area contributed by atoms with Gasteiger partial charge in [0.25, 0.3) is 0 Å². The lowest BCUT2D eigenvalue weighted by molar-refractivity contribution is -0.142. The molecule has 2 rings (SSSR count). The topological polar surface area (TPSA) is 61.5 Å². The number of carbonyl (C=O) groups excluding carboxylic acids is 1. The van der Waals surface area contributed by atoms with Crippen molar-refractivity contribution in [3.05, 3.63) is 34.9 Å². The second kappa shape index (κ2) is 4.63. The van der Waals surface area contributed by atoms with E-state index < -0.39 is 12.0 Å². The number of hydrogen-bond donors (Lipinski definition) is 1. The van der Waals surface area contributed by atoms with Crippen LogP contribution in [0.1, 0.15) is 22.7 Å². The van der Waals surface area contributed by atoms with Crippen LogP contribution in [0.4, 0.5) is 0 Å². The summed E-state index contributed by atoms with van der Waals surface area (Å²) < 4.78 is 9.96. The molecule has 1 unspecified atom stereocenters. The van der Waals surface area contributed by atoms with Gasteiger partial charge in [0.05, 0.1) is 20.3 Å². The van der Waals surface area contributed by atoms with E-state index in [1.807, 2.05) is 18.2 Å². The number of rotatable bonds is 2. The maximum absolute atomic E-state index is 11.3. The average molecular weight is 221 g/mol. The van der Waals surface area contributed by atoms with Gasteiger partial charge >= 0.3 is 5.97 Å². The highest BCUT2D eigenvalue weighted by molar-refractivity contribution is 5.77. The van der Waals surface area contributed by atoms with Gasteiger partial charge in [-0.25, -0.2) is 0 Å². The molecule has 1 aromatic rings. The van der Waals surface area contributed by atoms with E-state index in [2.05, 4.69) is 4.74 Å². The number of methoxy groups -OCH3 is 1. The summed E-state index contributed by atoms with van der Waals surface area (Å²) in [7, 11) is 1.34. The molecule has 0 bridgehead atoms. The van der Waals surface area contributed by atoms with E-state index in [1.54, 1.807) is 0 Å². The molecule has 4 nitrogen and oxygen atoms in total. The summed E-state index contributed by atoms with van der Waals surface area (Å²) in [6.07, 6.45) is 0.872. The van der Waals surface area contributed by atoms with Crippen LogP contribution in [0.2, 0.25) is 0 Å². The monoisotopic (exact) mass is 221 g/mol. The van der Waals surface area contributed by atoms with Crippen molar-refractivity contribution in [2.45, 2.75) is 19.1 Å². The summed E-state index contributed by atoms with van der Waals surface area (Å²) >= 11 is 0. The molecule has 1 aliphatic heterocycles. The Hall–Kier alpha value is -1.39. The first-order valence-corrected chi connectivity index (χ1v) is 5.25. The van der Waals surface area contributed by atoms with E-state index in [0.29, 0.717) is 6.61 Å². The summed E-state index contributed by atoms with van der Waals surface area (Å²) in [5.74, 6) is -0.410.